The van der Waals surface area contributed by atoms with Crippen LogP contribution in [0.1, 0.15) is 49.6 Å². The number of rotatable bonds is 5. The molecule has 0 saturated carbocycles. The van der Waals surface area contributed by atoms with E-state index in [-0.39, 0.29) is 5.60 Å². The van der Waals surface area contributed by atoms with E-state index in [4.69, 9.17) is 4.74 Å². The summed E-state index contributed by atoms with van der Waals surface area (Å²) in [5, 5.41) is 10.1. The Morgan fingerprint density at radius 2 is 2.06 bits per heavy atom. The monoisotopic (exact) mass is 237 g/mol. The number of hydrogen-bond acceptors (Lipinski definition) is 3. The first kappa shape index (κ1) is 14.1. The maximum atomic E-state index is 10.1. The SMILES string of the molecule is COC(C)(C)CCC(O)c1ncc(C)cc1C. The molecule has 0 aliphatic heterocycles. The number of aromatic nitrogens is 1. The highest BCUT2D eigenvalue weighted by Gasteiger charge is 2.20. The maximum absolute atomic E-state index is 10.1. The summed E-state index contributed by atoms with van der Waals surface area (Å²) < 4.78 is 5.34. The molecule has 0 bridgehead atoms. The van der Waals surface area contributed by atoms with E-state index in [1.807, 2.05) is 33.8 Å². The van der Waals surface area contributed by atoms with Crippen molar-refractivity contribution in [2.24, 2.45) is 0 Å². The third-order valence-corrected chi connectivity index (χ3v) is 3.14. The maximum Gasteiger partial charge on any atom is 0.0963 e. The van der Waals surface area contributed by atoms with Crippen molar-refractivity contribution >= 4 is 0 Å². The first-order valence-corrected chi connectivity index (χ1v) is 6.02. The highest BCUT2D eigenvalue weighted by atomic mass is 16.5. The van der Waals surface area contributed by atoms with Gasteiger partial charge in [0.2, 0.25) is 0 Å². The Hall–Kier alpha value is -0.930. The lowest BCUT2D eigenvalue weighted by Crippen LogP contribution is -2.23. The van der Waals surface area contributed by atoms with Gasteiger partial charge in [0.1, 0.15) is 0 Å². The number of methoxy groups -OCH3 is 1. The van der Waals surface area contributed by atoms with Gasteiger partial charge in [0.05, 0.1) is 17.4 Å². The number of aryl methyl sites for hydroxylation is 2. The molecule has 0 aliphatic rings. The first-order valence-electron chi connectivity index (χ1n) is 6.02. The fourth-order valence-corrected chi connectivity index (χ4v) is 1.80. The lowest BCUT2D eigenvalue weighted by molar-refractivity contribution is 0.00235. The molecule has 1 unspecified atom stereocenters. The van der Waals surface area contributed by atoms with Crippen LogP contribution in [0.4, 0.5) is 0 Å². The molecule has 3 nitrogen and oxygen atoms in total. The quantitative estimate of drug-likeness (QED) is 0.856. The minimum Gasteiger partial charge on any atom is -0.387 e. The van der Waals surface area contributed by atoms with Gasteiger partial charge in [-0.1, -0.05) is 6.07 Å². The minimum atomic E-state index is -0.509. The van der Waals surface area contributed by atoms with E-state index in [0.717, 1.165) is 23.2 Å². The van der Waals surface area contributed by atoms with Gasteiger partial charge < -0.3 is 9.84 Å². The normalized spacial score (nSPS) is 13.8. The Morgan fingerprint density at radius 1 is 1.41 bits per heavy atom. The molecule has 17 heavy (non-hydrogen) atoms. The topological polar surface area (TPSA) is 42.4 Å². The Bertz CT molecular complexity index is 374. The second-order valence-electron chi connectivity index (χ2n) is 5.23. The molecule has 0 radical (unpaired) electrons. The average Bonchev–Trinajstić information content (AvgIpc) is 2.26. The molecule has 0 aromatic carbocycles. The van der Waals surface area contributed by atoms with Crippen molar-refractivity contribution in [3.05, 3.63) is 29.1 Å². The van der Waals surface area contributed by atoms with Crippen molar-refractivity contribution in [3.63, 3.8) is 0 Å². The molecule has 1 rings (SSSR count). The second-order valence-corrected chi connectivity index (χ2v) is 5.23. The summed E-state index contributed by atoms with van der Waals surface area (Å²) in [5.74, 6) is 0. The van der Waals surface area contributed by atoms with E-state index in [2.05, 4.69) is 4.98 Å². The third kappa shape index (κ3) is 4.10. The summed E-state index contributed by atoms with van der Waals surface area (Å²) in [6.07, 6.45) is 2.76. The van der Waals surface area contributed by atoms with Crippen LogP contribution in [0.2, 0.25) is 0 Å². The van der Waals surface area contributed by atoms with E-state index in [9.17, 15) is 5.11 Å². The predicted molar refractivity (Wildman–Crippen MR) is 69.0 cm³/mol. The first-order chi connectivity index (χ1) is 7.85. The van der Waals surface area contributed by atoms with Crippen molar-refractivity contribution < 1.29 is 9.84 Å². The van der Waals surface area contributed by atoms with Gasteiger partial charge >= 0.3 is 0 Å². The Balaban J connectivity index is 2.67. The molecular weight excluding hydrogens is 214 g/mol. The third-order valence-electron chi connectivity index (χ3n) is 3.14. The summed E-state index contributed by atoms with van der Waals surface area (Å²) in [4.78, 5) is 4.31. The highest BCUT2D eigenvalue weighted by Crippen LogP contribution is 2.25. The van der Waals surface area contributed by atoms with Gasteiger partial charge in [-0.2, -0.15) is 0 Å². The van der Waals surface area contributed by atoms with E-state index in [1.165, 1.54) is 0 Å². The van der Waals surface area contributed by atoms with Gasteiger partial charge in [-0.25, -0.2) is 0 Å². The molecule has 0 spiro atoms. The molecule has 96 valence electrons. The van der Waals surface area contributed by atoms with Gasteiger partial charge in [-0.15, -0.1) is 0 Å². The van der Waals surface area contributed by atoms with Crippen molar-refractivity contribution in [1.82, 2.24) is 4.98 Å². The van der Waals surface area contributed by atoms with E-state index >= 15 is 0 Å². The molecule has 1 N–H and O–H groups in total. The van der Waals surface area contributed by atoms with E-state index in [0.29, 0.717) is 6.42 Å². The van der Waals surface area contributed by atoms with Crippen LogP contribution in [0.5, 0.6) is 0 Å². The van der Waals surface area contributed by atoms with Gasteiger partial charge in [-0.05, 0) is 51.7 Å². The molecule has 3 heteroatoms. The van der Waals surface area contributed by atoms with Crippen molar-refractivity contribution in [1.29, 1.82) is 0 Å². The average molecular weight is 237 g/mol. The number of hydrogen-bond donors (Lipinski definition) is 1. The van der Waals surface area contributed by atoms with Crippen LogP contribution in [-0.2, 0) is 4.74 Å². The van der Waals surface area contributed by atoms with Crippen molar-refractivity contribution in [3.8, 4) is 0 Å². The largest absolute Gasteiger partial charge is 0.387 e. The molecule has 1 aromatic heterocycles. The fourth-order valence-electron chi connectivity index (χ4n) is 1.80. The van der Waals surface area contributed by atoms with Crippen LogP contribution in [-0.4, -0.2) is 22.8 Å². The zero-order valence-electron chi connectivity index (χ0n) is 11.4. The molecule has 0 amide bonds. The molecule has 1 aromatic rings. The van der Waals surface area contributed by atoms with Crippen LogP contribution < -0.4 is 0 Å². The summed E-state index contributed by atoms with van der Waals surface area (Å²) in [7, 11) is 1.70. The van der Waals surface area contributed by atoms with Gasteiger partial charge in [0.15, 0.2) is 0 Å². The Labute approximate surface area is 104 Å². The number of aliphatic hydroxyl groups excluding tert-OH is 1. The number of nitrogens with zero attached hydrogens (tertiary/aromatic N) is 1. The molecule has 1 heterocycles. The van der Waals surface area contributed by atoms with Crippen LogP contribution in [0, 0.1) is 13.8 Å². The lowest BCUT2D eigenvalue weighted by atomic mass is 9.97. The number of ether oxygens (including phenoxy) is 1. The van der Waals surface area contributed by atoms with Crippen LogP contribution in [0.25, 0.3) is 0 Å². The zero-order chi connectivity index (χ0) is 13.1. The molecule has 0 fully saturated rings. The molecular formula is C14H23NO2. The standard InChI is InChI=1S/C14H23NO2/c1-10-8-11(2)13(15-9-10)12(16)6-7-14(3,4)17-5/h8-9,12,16H,6-7H2,1-5H3. The smallest absolute Gasteiger partial charge is 0.0963 e. The molecule has 0 saturated heterocycles. The van der Waals surface area contributed by atoms with Crippen LogP contribution in [0.15, 0.2) is 12.3 Å². The summed E-state index contributed by atoms with van der Waals surface area (Å²) in [6.45, 7) is 8.04. The zero-order valence-corrected chi connectivity index (χ0v) is 11.4. The van der Waals surface area contributed by atoms with Crippen molar-refractivity contribution in [2.45, 2.75) is 52.2 Å². The number of pyridine rings is 1. The summed E-state index contributed by atoms with van der Waals surface area (Å²) in [5.41, 5.74) is 2.76. The van der Waals surface area contributed by atoms with Crippen LogP contribution in [0.3, 0.4) is 0 Å². The Kier molecular flexibility index (Phi) is 4.66. The fraction of sp³-hybridized carbons (Fsp3) is 0.643. The molecule has 0 aliphatic carbocycles. The Morgan fingerprint density at radius 3 is 2.59 bits per heavy atom. The van der Waals surface area contributed by atoms with E-state index < -0.39 is 6.10 Å². The van der Waals surface area contributed by atoms with Crippen molar-refractivity contribution in [2.75, 3.05) is 7.11 Å². The second kappa shape index (κ2) is 5.61. The van der Waals surface area contributed by atoms with E-state index in [1.54, 1.807) is 13.3 Å². The molecule has 1 atom stereocenters. The van der Waals surface area contributed by atoms with Crippen LogP contribution >= 0.6 is 0 Å². The van der Waals surface area contributed by atoms with Gasteiger partial charge in [-0.3, -0.25) is 4.98 Å². The minimum absolute atomic E-state index is 0.195. The highest BCUT2D eigenvalue weighted by molar-refractivity contribution is 5.24. The van der Waals surface area contributed by atoms with Gasteiger partial charge in [0, 0.05) is 13.3 Å². The lowest BCUT2D eigenvalue weighted by Gasteiger charge is -2.24. The summed E-state index contributed by atoms with van der Waals surface area (Å²) >= 11 is 0. The summed E-state index contributed by atoms with van der Waals surface area (Å²) in [6, 6.07) is 2.05. The predicted octanol–water partition coefficient (Wildman–Crippen LogP) is 2.94. The number of aliphatic hydroxyl groups is 1. The van der Waals surface area contributed by atoms with Gasteiger partial charge in [0.25, 0.3) is 0 Å².